The molecule has 30 heavy (non-hydrogen) atoms. The molecule has 1 fully saturated rings. The predicted molar refractivity (Wildman–Crippen MR) is 114 cm³/mol. The Hall–Kier alpha value is -2.90. The molecule has 0 bridgehead atoms. The van der Waals surface area contributed by atoms with Gasteiger partial charge in [0.05, 0.1) is 28.2 Å². The number of carbonyl (C=O) groups is 1. The van der Waals surface area contributed by atoms with E-state index in [1.807, 2.05) is 23.1 Å². The first-order valence-electron chi connectivity index (χ1n) is 9.29. The Balaban J connectivity index is 1.51. The lowest BCUT2D eigenvalue weighted by Crippen LogP contribution is -2.49. The molecule has 6 nitrogen and oxygen atoms in total. The van der Waals surface area contributed by atoms with E-state index in [1.165, 1.54) is 27.8 Å². The van der Waals surface area contributed by atoms with E-state index in [9.17, 15) is 14.0 Å². The monoisotopic (exact) mass is 446 g/mol. The zero-order chi connectivity index (χ0) is 21.3. The standard InChI is InChI=1S/C21H17Cl2FN4O2/c22-15-7-4-8-16(24)18(15)20(29)27-11-9-26(10-12-27)17-13-25-28(21(30)19(17)23)14-5-2-1-3-6-14/h1-8,13H,9-12H2. The van der Waals surface area contributed by atoms with Crippen LogP contribution in [-0.2, 0) is 0 Å². The molecule has 0 spiro atoms. The third kappa shape index (κ3) is 3.78. The van der Waals surface area contributed by atoms with Gasteiger partial charge in [-0.05, 0) is 24.3 Å². The predicted octanol–water partition coefficient (Wildman–Crippen LogP) is 3.64. The minimum atomic E-state index is -0.647. The molecule has 1 aliphatic heterocycles. The third-order valence-electron chi connectivity index (χ3n) is 4.99. The first-order valence-corrected chi connectivity index (χ1v) is 10.0. The van der Waals surface area contributed by atoms with Crippen LogP contribution in [0.5, 0.6) is 0 Å². The number of halogens is 3. The second-order valence-electron chi connectivity index (χ2n) is 6.77. The molecule has 1 aromatic heterocycles. The van der Waals surface area contributed by atoms with Crippen molar-refractivity contribution < 1.29 is 9.18 Å². The number of benzene rings is 2. The summed E-state index contributed by atoms with van der Waals surface area (Å²) in [6.45, 7) is 1.52. The van der Waals surface area contributed by atoms with E-state index >= 15 is 0 Å². The minimum Gasteiger partial charge on any atom is -0.365 e. The highest BCUT2D eigenvalue weighted by atomic mass is 35.5. The number of nitrogens with zero attached hydrogens (tertiary/aromatic N) is 4. The Morgan fingerprint density at radius 2 is 1.67 bits per heavy atom. The minimum absolute atomic E-state index is 0.0609. The molecule has 2 heterocycles. The summed E-state index contributed by atoms with van der Waals surface area (Å²) in [5.41, 5.74) is 0.577. The summed E-state index contributed by atoms with van der Waals surface area (Å²) in [5, 5.41) is 4.38. The molecule has 0 unspecified atom stereocenters. The fraction of sp³-hybridized carbons (Fsp3) is 0.190. The number of anilines is 1. The van der Waals surface area contributed by atoms with Gasteiger partial charge in [0, 0.05) is 26.2 Å². The SMILES string of the molecule is O=C(c1c(F)cccc1Cl)N1CCN(c2cnn(-c3ccccc3)c(=O)c2Cl)CC1. The lowest BCUT2D eigenvalue weighted by atomic mass is 10.1. The molecule has 9 heteroatoms. The summed E-state index contributed by atoms with van der Waals surface area (Å²) in [6, 6.07) is 13.2. The summed E-state index contributed by atoms with van der Waals surface area (Å²) in [4.78, 5) is 28.8. The van der Waals surface area contributed by atoms with Crippen LogP contribution < -0.4 is 10.5 Å². The highest BCUT2D eigenvalue weighted by molar-refractivity contribution is 6.34. The van der Waals surface area contributed by atoms with Crippen LogP contribution in [-0.4, -0.2) is 46.8 Å². The molecule has 0 radical (unpaired) electrons. The van der Waals surface area contributed by atoms with Crippen LogP contribution in [0.15, 0.2) is 59.5 Å². The smallest absolute Gasteiger partial charge is 0.292 e. The molecule has 1 amide bonds. The van der Waals surface area contributed by atoms with Crippen LogP contribution in [0, 0.1) is 5.82 Å². The zero-order valence-electron chi connectivity index (χ0n) is 15.8. The van der Waals surface area contributed by atoms with Gasteiger partial charge in [0.15, 0.2) is 0 Å². The van der Waals surface area contributed by atoms with Crippen LogP contribution >= 0.6 is 23.2 Å². The van der Waals surface area contributed by atoms with Crippen molar-refractivity contribution in [3.05, 3.63) is 86.5 Å². The van der Waals surface area contributed by atoms with Gasteiger partial charge >= 0.3 is 0 Å². The van der Waals surface area contributed by atoms with Gasteiger partial charge in [0.25, 0.3) is 11.5 Å². The summed E-state index contributed by atoms with van der Waals surface area (Å²) in [6.07, 6.45) is 1.54. The van der Waals surface area contributed by atoms with E-state index in [-0.39, 0.29) is 15.6 Å². The maximum atomic E-state index is 14.1. The first kappa shape index (κ1) is 20.4. The maximum absolute atomic E-state index is 14.1. The molecule has 1 aliphatic rings. The number of carbonyl (C=O) groups excluding carboxylic acids is 1. The van der Waals surface area contributed by atoms with Gasteiger partial charge in [-0.1, -0.05) is 47.5 Å². The quantitative estimate of drug-likeness (QED) is 0.616. The van der Waals surface area contributed by atoms with E-state index in [0.717, 1.165) is 0 Å². The Morgan fingerprint density at radius 3 is 2.33 bits per heavy atom. The molecule has 1 saturated heterocycles. The van der Waals surface area contributed by atoms with Crippen molar-refractivity contribution in [3.63, 3.8) is 0 Å². The molecule has 154 valence electrons. The van der Waals surface area contributed by atoms with Gasteiger partial charge in [-0.25, -0.2) is 4.39 Å². The molecule has 0 N–H and O–H groups in total. The molecule has 2 aromatic carbocycles. The normalized spacial score (nSPS) is 14.1. The van der Waals surface area contributed by atoms with Crippen molar-refractivity contribution in [2.75, 3.05) is 31.1 Å². The second-order valence-corrected chi connectivity index (χ2v) is 7.56. The third-order valence-corrected chi connectivity index (χ3v) is 5.66. The number of para-hydroxylation sites is 1. The summed E-state index contributed by atoms with van der Waals surface area (Å²) in [7, 11) is 0. The average molecular weight is 447 g/mol. The fourth-order valence-electron chi connectivity index (χ4n) is 3.41. The Morgan fingerprint density at radius 1 is 0.967 bits per heavy atom. The van der Waals surface area contributed by atoms with E-state index in [1.54, 1.807) is 18.3 Å². The Bertz CT molecular complexity index is 1130. The van der Waals surface area contributed by atoms with Crippen molar-refractivity contribution >= 4 is 34.8 Å². The lowest BCUT2D eigenvalue weighted by molar-refractivity contribution is 0.0742. The average Bonchev–Trinajstić information content (AvgIpc) is 2.76. The fourth-order valence-corrected chi connectivity index (χ4v) is 3.90. The molecule has 0 saturated carbocycles. The highest BCUT2D eigenvalue weighted by Gasteiger charge is 2.27. The van der Waals surface area contributed by atoms with Crippen molar-refractivity contribution in [2.45, 2.75) is 0 Å². The highest BCUT2D eigenvalue weighted by Crippen LogP contribution is 2.25. The van der Waals surface area contributed by atoms with Gasteiger partial charge in [0.2, 0.25) is 0 Å². The van der Waals surface area contributed by atoms with Crippen LogP contribution in [0.2, 0.25) is 10.0 Å². The number of rotatable bonds is 3. The molecule has 3 aromatic rings. The number of hydrogen-bond acceptors (Lipinski definition) is 4. The van der Waals surface area contributed by atoms with Gasteiger partial charge in [0.1, 0.15) is 10.8 Å². The van der Waals surface area contributed by atoms with Gasteiger partial charge in [-0.3, -0.25) is 9.59 Å². The van der Waals surface area contributed by atoms with Crippen molar-refractivity contribution in [1.29, 1.82) is 0 Å². The lowest BCUT2D eigenvalue weighted by Gasteiger charge is -2.36. The van der Waals surface area contributed by atoms with E-state index < -0.39 is 17.3 Å². The van der Waals surface area contributed by atoms with Crippen LogP contribution in [0.1, 0.15) is 10.4 Å². The number of amides is 1. The second kappa shape index (κ2) is 8.45. The Labute approximate surface area is 182 Å². The Kier molecular flexibility index (Phi) is 5.74. The van der Waals surface area contributed by atoms with Gasteiger partial charge in [-0.15, -0.1) is 0 Å². The van der Waals surface area contributed by atoms with E-state index in [2.05, 4.69) is 5.10 Å². The molecular formula is C21H17Cl2FN4O2. The summed E-state index contributed by atoms with van der Waals surface area (Å²) in [5.74, 6) is -1.10. The van der Waals surface area contributed by atoms with Crippen LogP contribution in [0.4, 0.5) is 10.1 Å². The van der Waals surface area contributed by atoms with E-state index in [4.69, 9.17) is 23.2 Å². The zero-order valence-corrected chi connectivity index (χ0v) is 17.3. The van der Waals surface area contributed by atoms with Gasteiger partial charge in [-0.2, -0.15) is 9.78 Å². The largest absolute Gasteiger partial charge is 0.365 e. The molecule has 0 atom stereocenters. The number of aromatic nitrogens is 2. The number of piperazine rings is 1. The summed E-state index contributed by atoms with van der Waals surface area (Å²) < 4.78 is 15.3. The molecule has 4 rings (SSSR count). The maximum Gasteiger partial charge on any atom is 0.292 e. The topological polar surface area (TPSA) is 58.4 Å². The van der Waals surface area contributed by atoms with Crippen LogP contribution in [0.3, 0.4) is 0 Å². The van der Waals surface area contributed by atoms with Crippen molar-refractivity contribution in [1.82, 2.24) is 14.7 Å². The molecule has 0 aliphatic carbocycles. The van der Waals surface area contributed by atoms with E-state index in [0.29, 0.717) is 37.6 Å². The van der Waals surface area contributed by atoms with Crippen LogP contribution in [0.25, 0.3) is 5.69 Å². The van der Waals surface area contributed by atoms with Crippen molar-refractivity contribution in [2.24, 2.45) is 0 Å². The number of hydrogen-bond donors (Lipinski definition) is 0. The van der Waals surface area contributed by atoms with Gasteiger partial charge < -0.3 is 9.80 Å². The first-order chi connectivity index (χ1) is 14.5. The van der Waals surface area contributed by atoms with Crippen molar-refractivity contribution in [3.8, 4) is 5.69 Å². The molecular weight excluding hydrogens is 430 g/mol. The summed E-state index contributed by atoms with van der Waals surface area (Å²) >= 11 is 12.4.